The molecule has 3 rings (SSSR count). The molecule has 0 atom stereocenters. The summed E-state index contributed by atoms with van der Waals surface area (Å²) in [6.45, 7) is 8.10. The van der Waals surface area contributed by atoms with Crippen LogP contribution in [-0.2, 0) is 15.5 Å². The van der Waals surface area contributed by atoms with Gasteiger partial charge in [0, 0.05) is 6.07 Å². The zero-order valence-electron chi connectivity index (χ0n) is 16.5. The highest BCUT2D eigenvalue weighted by Gasteiger charge is 2.22. The van der Waals surface area contributed by atoms with E-state index in [2.05, 4.69) is 31.0 Å². The molecule has 0 aliphatic carbocycles. The maximum atomic E-state index is 12.6. The van der Waals surface area contributed by atoms with E-state index >= 15 is 0 Å². The summed E-state index contributed by atoms with van der Waals surface area (Å²) < 4.78 is 36.3. The van der Waals surface area contributed by atoms with E-state index in [0.717, 1.165) is 11.1 Å². The molecule has 1 heterocycles. The lowest BCUT2D eigenvalue weighted by atomic mass is 9.87. The molecule has 0 fully saturated rings. The Labute approximate surface area is 175 Å². The van der Waals surface area contributed by atoms with Crippen LogP contribution in [0, 0.1) is 6.92 Å². The summed E-state index contributed by atoms with van der Waals surface area (Å²) in [7, 11) is -4.10. The third-order valence-corrected chi connectivity index (χ3v) is 5.55. The molecule has 6 nitrogen and oxygen atoms in total. The fraction of sp³-hybridized carbons (Fsp3) is 0.238. The Bertz CT molecular complexity index is 1120. The van der Waals surface area contributed by atoms with Gasteiger partial charge in [-0.3, -0.25) is 0 Å². The minimum atomic E-state index is -4.10. The number of hydrogen-bond donors (Lipinski definition) is 0. The van der Waals surface area contributed by atoms with E-state index < -0.39 is 10.1 Å². The van der Waals surface area contributed by atoms with Gasteiger partial charge in [-0.15, -0.1) is 10.2 Å². The van der Waals surface area contributed by atoms with Crippen LogP contribution in [0.5, 0.6) is 17.4 Å². The number of aromatic nitrogens is 2. The van der Waals surface area contributed by atoms with E-state index in [1.165, 1.54) is 18.2 Å². The van der Waals surface area contributed by atoms with E-state index in [9.17, 15) is 8.42 Å². The lowest BCUT2D eigenvalue weighted by Gasteiger charge is -2.19. The normalized spacial score (nSPS) is 11.9. The number of halogens is 1. The number of ether oxygens (including phenoxy) is 1. The Morgan fingerprint density at radius 3 is 2.31 bits per heavy atom. The molecule has 0 unspecified atom stereocenters. The molecule has 0 radical (unpaired) electrons. The number of benzene rings is 2. The predicted molar refractivity (Wildman–Crippen MR) is 111 cm³/mol. The number of rotatable bonds is 5. The molecule has 0 aliphatic heterocycles. The van der Waals surface area contributed by atoms with E-state index in [-0.39, 0.29) is 27.1 Å². The van der Waals surface area contributed by atoms with E-state index in [1.807, 2.05) is 25.1 Å². The molecule has 2 aromatic carbocycles. The fourth-order valence-electron chi connectivity index (χ4n) is 2.48. The van der Waals surface area contributed by atoms with E-state index in [1.54, 1.807) is 18.2 Å². The minimum absolute atomic E-state index is 0.0108. The van der Waals surface area contributed by atoms with Gasteiger partial charge in [0.1, 0.15) is 10.6 Å². The van der Waals surface area contributed by atoms with Crippen molar-refractivity contribution in [2.24, 2.45) is 0 Å². The van der Waals surface area contributed by atoms with Crippen molar-refractivity contribution >= 4 is 21.7 Å². The second-order valence-electron chi connectivity index (χ2n) is 7.57. The average molecular weight is 433 g/mol. The second kappa shape index (κ2) is 8.00. The van der Waals surface area contributed by atoms with Gasteiger partial charge in [0.05, 0.1) is 0 Å². The van der Waals surface area contributed by atoms with Crippen molar-refractivity contribution in [2.45, 2.75) is 38.0 Å². The topological polar surface area (TPSA) is 78.4 Å². The van der Waals surface area contributed by atoms with Crippen LogP contribution in [-0.4, -0.2) is 18.6 Å². The van der Waals surface area contributed by atoms with Crippen LogP contribution >= 0.6 is 11.6 Å². The van der Waals surface area contributed by atoms with Crippen molar-refractivity contribution in [3.05, 3.63) is 70.9 Å². The highest BCUT2D eigenvalue weighted by Crippen LogP contribution is 2.34. The van der Waals surface area contributed by atoms with E-state index in [0.29, 0.717) is 5.75 Å². The predicted octanol–water partition coefficient (Wildman–Crippen LogP) is 5.30. The molecular weight excluding hydrogens is 412 g/mol. The van der Waals surface area contributed by atoms with Gasteiger partial charge in [-0.25, -0.2) is 0 Å². The molecule has 0 saturated heterocycles. The summed E-state index contributed by atoms with van der Waals surface area (Å²) in [5.41, 5.74) is 1.89. The van der Waals surface area contributed by atoms with Crippen LogP contribution in [0.1, 0.15) is 31.9 Å². The largest absolute Gasteiger partial charge is 0.435 e. The van der Waals surface area contributed by atoms with Crippen LogP contribution in [0.2, 0.25) is 5.15 Å². The maximum Gasteiger partial charge on any atom is 0.339 e. The van der Waals surface area contributed by atoms with Crippen LogP contribution < -0.4 is 8.92 Å². The molecule has 0 saturated carbocycles. The average Bonchev–Trinajstić information content (AvgIpc) is 2.64. The summed E-state index contributed by atoms with van der Waals surface area (Å²) >= 11 is 5.90. The minimum Gasteiger partial charge on any atom is -0.435 e. The highest BCUT2D eigenvalue weighted by molar-refractivity contribution is 7.87. The van der Waals surface area contributed by atoms with Crippen molar-refractivity contribution in [1.29, 1.82) is 0 Å². The Balaban J connectivity index is 1.94. The summed E-state index contributed by atoms with van der Waals surface area (Å²) in [4.78, 5) is 0.0108. The van der Waals surface area contributed by atoms with Crippen LogP contribution in [0.3, 0.4) is 0 Å². The van der Waals surface area contributed by atoms with Gasteiger partial charge in [0.15, 0.2) is 5.15 Å². The number of aryl methyl sites for hydroxylation is 1. The monoisotopic (exact) mass is 432 g/mol. The zero-order chi connectivity index (χ0) is 21.2. The fourth-order valence-corrected chi connectivity index (χ4v) is 3.54. The molecule has 1 aromatic heterocycles. The van der Waals surface area contributed by atoms with Gasteiger partial charge in [-0.1, -0.05) is 62.2 Å². The molecule has 0 N–H and O–H groups in total. The summed E-state index contributed by atoms with van der Waals surface area (Å²) in [6.07, 6.45) is 0. The zero-order valence-corrected chi connectivity index (χ0v) is 18.1. The van der Waals surface area contributed by atoms with Crippen LogP contribution in [0.4, 0.5) is 0 Å². The van der Waals surface area contributed by atoms with Crippen LogP contribution in [0.25, 0.3) is 0 Å². The van der Waals surface area contributed by atoms with Gasteiger partial charge in [-0.2, -0.15) is 8.42 Å². The van der Waals surface area contributed by atoms with Gasteiger partial charge in [0.25, 0.3) is 5.88 Å². The first-order chi connectivity index (χ1) is 13.5. The van der Waals surface area contributed by atoms with Crippen molar-refractivity contribution in [3.8, 4) is 17.4 Å². The summed E-state index contributed by atoms with van der Waals surface area (Å²) in [5.74, 6) is 0.231. The lowest BCUT2D eigenvalue weighted by molar-refractivity contribution is 0.414. The standard InChI is InChI=1S/C21H21ClN2O4S/c1-14-8-10-17(11-9-14)29(25,26)28-18-13-19(22)23-24-20(18)27-16-7-5-6-15(12-16)21(2,3)4/h5-13H,1-4H3. The molecular formula is C21H21ClN2O4S. The molecule has 0 amide bonds. The third kappa shape index (κ3) is 5.25. The Hall–Kier alpha value is -2.64. The smallest absolute Gasteiger partial charge is 0.339 e. The van der Waals surface area contributed by atoms with Gasteiger partial charge in [0.2, 0.25) is 5.75 Å². The maximum absolute atomic E-state index is 12.6. The van der Waals surface area contributed by atoms with Crippen molar-refractivity contribution in [1.82, 2.24) is 10.2 Å². The Morgan fingerprint density at radius 1 is 0.966 bits per heavy atom. The van der Waals surface area contributed by atoms with E-state index in [4.69, 9.17) is 20.5 Å². The SMILES string of the molecule is Cc1ccc(S(=O)(=O)Oc2cc(Cl)nnc2Oc2cccc(C(C)(C)C)c2)cc1. The Kier molecular flexibility index (Phi) is 5.82. The molecule has 0 spiro atoms. The molecule has 0 bridgehead atoms. The first-order valence-corrected chi connectivity index (χ1v) is 10.7. The number of nitrogens with zero attached hydrogens (tertiary/aromatic N) is 2. The Morgan fingerprint density at radius 2 is 1.66 bits per heavy atom. The molecule has 3 aromatic rings. The lowest BCUT2D eigenvalue weighted by Crippen LogP contribution is -2.12. The summed E-state index contributed by atoms with van der Waals surface area (Å²) in [5, 5.41) is 7.58. The molecule has 29 heavy (non-hydrogen) atoms. The number of hydrogen-bond acceptors (Lipinski definition) is 6. The molecule has 8 heteroatoms. The quantitative estimate of drug-likeness (QED) is 0.509. The van der Waals surface area contributed by atoms with Gasteiger partial charge < -0.3 is 8.92 Å². The van der Waals surface area contributed by atoms with Crippen molar-refractivity contribution < 1.29 is 17.3 Å². The van der Waals surface area contributed by atoms with Gasteiger partial charge >= 0.3 is 10.1 Å². The third-order valence-electron chi connectivity index (χ3n) is 4.12. The van der Waals surface area contributed by atoms with Crippen molar-refractivity contribution in [3.63, 3.8) is 0 Å². The highest BCUT2D eigenvalue weighted by atomic mass is 35.5. The van der Waals surface area contributed by atoms with Gasteiger partial charge in [-0.05, 0) is 42.2 Å². The molecule has 152 valence electrons. The second-order valence-corrected chi connectivity index (χ2v) is 9.50. The first-order valence-electron chi connectivity index (χ1n) is 8.87. The van der Waals surface area contributed by atoms with Crippen LogP contribution in [0.15, 0.2) is 59.5 Å². The summed E-state index contributed by atoms with van der Waals surface area (Å²) in [6, 6.07) is 15.0. The first kappa shape index (κ1) is 21.1. The van der Waals surface area contributed by atoms with Crippen molar-refractivity contribution in [2.75, 3.05) is 0 Å². The molecule has 0 aliphatic rings.